The summed E-state index contributed by atoms with van der Waals surface area (Å²) in [4.78, 5) is 6.52. The van der Waals surface area contributed by atoms with Gasteiger partial charge in [-0.25, -0.2) is 0 Å². The quantitative estimate of drug-likeness (QED) is 0.246. The van der Waals surface area contributed by atoms with E-state index in [0.29, 0.717) is 0 Å². The molecule has 4 heteroatoms. The lowest BCUT2D eigenvalue weighted by atomic mass is 9.73. The lowest BCUT2D eigenvalue weighted by Crippen LogP contribution is -2.31. The molecule has 0 saturated heterocycles. The van der Waals surface area contributed by atoms with E-state index in [0.717, 1.165) is 27.2 Å². The molecule has 0 spiro atoms. The number of aromatic nitrogens is 1. The summed E-state index contributed by atoms with van der Waals surface area (Å²) in [6, 6.07) is 37.1. The number of rotatable bonds is 4. The fraction of sp³-hybridized carbons (Fsp3) is 0.121. The van der Waals surface area contributed by atoms with Crippen molar-refractivity contribution in [1.82, 2.24) is 4.98 Å². The predicted octanol–water partition coefficient (Wildman–Crippen LogP) is 7.14. The van der Waals surface area contributed by atoms with Gasteiger partial charge < -0.3 is 9.46 Å². The second-order valence-corrected chi connectivity index (χ2v) is 12.9. The lowest BCUT2D eigenvalue weighted by molar-refractivity contribution is 0.592. The molecule has 0 bridgehead atoms. The Morgan fingerprint density at radius 2 is 1.16 bits per heavy atom. The maximum Gasteiger partial charge on any atom is 0.171 e. The summed E-state index contributed by atoms with van der Waals surface area (Å²) >= 11 is 0. The van der Waals surface area contributed by atoms with Crippen LogP contribution in [0.15, 0.2) is 122 Å². The first-order valence-electron chi connectivity index (χ1n) is 12.6. The molecule has 1 aliphatic rings. The van der Waals surface area contributed by atoms with Gasteiger partial charge in [-0.1, -0.05) is 80.6 Å². The first-order chi connectivity index (χ1) is 17.9. The first kappa shape index (κ1) is 23.5. The second kappa shape index (κ2) is 8.87. The molecule has 3 nitrogen and oxygen atoms in total. The molecule has 1 atom stereocenters. The van der Waals surface area contributed by atoms with Crippen molar-refractivity contribution in [3.63, 3.8) is 0 Å². The normalized spacial score (nSPS) is 15.4. The molecular formula is C33H29N2OP. The molecule has 0 amide bonds. The van der Waals surface area contributed by atoms with E-state index in [1.54, 1.807) is 12.4 Å². The number of aryl methyl sites for hydroxylation is 1. The van der Waals surface area contributed by atoms with Gasteiger partial charge in [0.25, 0.3) is 0 Å². The van der Waals surface area contributed by atoms with E-state index >= 15 is 0 Å². The van der Waals surface area contributed by atoms with Gasteiger partial charge in [-0.2, -0.15) is 0 Å². The fourth-order valence-electron chi connectivity index (χ4n) is 5.65. The van der Waals surface area contributed by atoms with E-state index in [1.165, 1.54) is 22.5 Å². The Balaban J connectivity index is 1.55. The van der Waals surface area contributed by atoms with Crippen LogP contribution in [0, 0.1) is 6.92 Å². The smallest absolute Gasteiger partial charge is 0.171 e. The van der Waals surface area contributed by atoms with Crippen molar-refractivity contribution in [3.05, 3.63) is 138 Å². The van der Waals surface area contributed by atoms with Crippen molar-refractivity contribution in [2.24, 2.45) is 0 Å². The largest absolute Gasteiger partial charge is 0.310 e. The molecule has 0 radical (unpaired) electrons. The third kappa shape index (κ3) is 3.65. The van der Waals surface area contributed by atoms with E-state index in [2.05, 4.69) is 91.3 Å². The minimum atomic E-state index is -3.07. The van der Waals surface area contributed by atoms with Crippen LogP contribution in [-0.2, 0) is 9.98 Å². The highest BCUT2D eigenvalue weighted by molar-refractivity contribution is 7.85. The topological polar surface area (TPSA) is 33.2 Å². The van der Waals surface area contributed by atoms with Crippen LogP contribution in [0.5, 0.6) is 0 Å². The third-order valence-electron chi connectivity index (χ3n) is 7.57. The van der Waals surface area contributed by atoms with Crippen LogP contribution in [0.3, 0.4) is 0 Å². The standard InChI is InChI=1S/C33H29N2OP/c1-24-23-27(37(36,25-11-5-4-6-12-25)26-19-21-34-22-20-26)17-18-30(24)35-31-15-9-7-13-28(31)33(2,3)29-14-8-10-16-32(29)35/h4-23H,1-3H3. The molecule has 0 aliphatic carbocycles. The Bertz CT molecular complexity index is 1550. The number of fused-ring (bicyclic) bond motifs is 2. The highest BCUT2D eigenvalue weighted by Crippen LogP contribution is 2.52. The van der Waals surface area contributed by atoms with E-state index in [9.17, 15) is 4.57 Å². The highest BCUT2D eigenvalue weighted by atomic mass is 31.2. The average molecular weight is 501 g/mol. The molecular weight excluding hydrogens is 471 g/mol. The van der Waals surface area contributed by atoms with Gasteiger partial charge in [-0.3, -0.25) is 4.98 Å². The maximum absolute atomic E-state index is 14.9. The zero-order valence-electron chi connectivity index (χ0n) is 21.3. The molecule has 1 aliphatic heterocycles. The van der Waals surface area contributed by atoms with Gasteiger partial charge in [0.15, 0.2) is 7.14 Å². The van der Waals surface area contributed by atoms with Crippen molar-refractivity contribution in [1.29, 1.82) is 0 Å². The number of anilines is 3. The Morgan fingerprint density at radius 1 is 0.622 bits per heavy atom. The van der Waals surface area contributed by atoms with E-state index in [-0.39, 0.29) is 5.41 Å². The Kier molecular flexibility index (Phi) is 5.62. The van der Waals surface area contributed by atoms with Gasteiger partial charge in [0.05, 0.1) is 11.4 Å². The Labute approximate surface area is 218 Å². The number of pyridine rings is 1. The van der Waals surface area contributed by atoms with Crippen molar-refractivity contribution in [2.75, 3.05) is 4.90 Å². The average Bonchev–Trinajstić information content (AvgIpc) is 2.94. The molecule has 37 heavy (non-hydrogen) atoms. The van der Waals surface area contributed by atoms with E-state index < -0.39 is 7.14 Å². The number of para-hydroxylation sites is 2. The molecule has 0 fully saturated rings. The summed E-state index contributed by atoms with van der Waals surface area (Å²) < 4.78 is 14.9. The van der Waals surface area contributed by atoms with Crippen molar-refractivity contribution < 1.29 is 4.57 Å². The number of nitrogens with zero attached hydrogens (tertiary/aromatic N) is 2. The molecule has 5 aromatic rings. The number of benzene rings is 4. The highest BCUT2D eigenvalue weighted by Gasteiger charge is 2.37. The van der Waals surface area contributed by atoms with E-state index in [4.69, 9.17) is 0 Å². The molecule has 1 unspecified atom stereocenters. The maximum atomic E-state index is 14.9. The summed E-state index contributed by atoms with van der Waals surface area (Å²) in [7, 11) is -3.07. The minimum absolute atomic E-state index is 0.109. The molecule has 0 N–H and O–H groups in total. The van der Waals surface area contributed by atoms with Crippen LogP contribution in [0.4, 0.5) is 17.1 Å². The van der Waals surface area contributed by atoms with Crippen LogP contribution in [0.1, 0.15) is 30.5 Å². The first-order valence-corrected chi connectivity index (χ1v) is 14.3. The molecule has 1 aromatic heterocycles. The molecule has 4 aromatic carbocycles. The second-order valence-electron chi connectivity index (χ2n) is 10.1. The van der Waals surface area contributed by atoms with Crippen molar-refractivity contribution in [3.8, 4) is 0 Å². The summed E-state index contributed by atoms with van der Waals surface area (Å²) in [6.45, 7) is 6.71. The summed E-state index contributed by atoms with van der Waals surface area (Å²) in [5, 5.41) is 2.44. The number of hydrogen-bond donors (Lipinski definition) is 0. The van der Waals surface area contributed by atoms with Gasteiger partial charge in [0, 0.05) is 39.4 Å². The lowest BCUT2D eigenvalue weighted by Gasteiger charge is -2.42. The molecule has 6 rings (SSSR count). The zero-order chi connectivity index (χ0) is 25.6. The van der Waals surface area contributed by atoms with Gasteiger partial charge in [0.2, 0.25) is 0 Å². The third-order valence-corrected chi connectivity index (χ3v) is 10.6. The van der Waals surface area contributed by atoms with Gasteiger partial charge in [0.1, 0.15) is 0 Å². The van der Waals surface area contributed by atoms with Crippen molar-refractivity contribution >= 4 is 40.1 Å². The summed E-state index contributed by atoms with van der Waals surface area (Å²) in [5.41, 5.74) is 7.01. The van der Waals surface area contributed by atoms with Crippen LogP contribution >= 0.6 is 7.14 Å². The van der Waals surface area contributed by atoms with Gasteiger partial charge >= 0.3 is 0 Å². The minimum Gasteiger partial charge on any atom is -0.310 e. The number of hydrogen-bond acceptors (Lipinski definition) is 3. The zero-order valence-corrected chi connectivity index (χ0v) is 22.2. The summed E-state index contributed by atoms with van der Waals surface area (Å²) in [5.74, 6) is 0. The van der Waals surface area contributed by atoms with Gasteiger partial charge in [-0.05, 0) is 66.1 Å². The van der Waals surface area contributed by atoms with Gasteiger partial charge in [-0.15, -0.1) is 0 Å². The van der Waals surface area contributed by atoms with Crippen molar-refractivity contribution in [2.45, 2.75) is 26.2 Å². The van der Waals surface area contributed by atoms with Crippen LogP contribution in [-0.4, -0.2) is 4.98 Å². The SMILES string of the molecule is Cc1cc(P(=O)(c2ccccc2)c2ccncc2)ccc1N1c2ccccc2C(C)(C)c2ccccc21. The van der Waals surface area contributed by atoms with Crippen LogP contribution in [0.2, 0.25) is 0 Å². The van der Waals surface area contributed by atoms with Crippen LogP contribution < -0.4 is 20.8 Å². The molecule has 182 valence electrons. The molecule has 0 saturated carbocycles. The monoisotopic (exact) mass is 500 g/mol. The van der Waals surface area contributed by atoms with Crippen LogP contribution in [0.25, 0.3) is 0 Å². The predicted molar refractivity (Wildman–Crippen MR) is 155 cm³/mol. The summed E-state index contributed by atoms with van der Waals surface area (Å²) in [6.07, 6.45) is 3.44. The Morgan fingerprint density at radius 3 is 1.76 bits per heavy atom. The fourth-order valence-corrected chi connectivity index (χ4v) is 8.35. The van der Waals surface area contributed by atoms with E-state index in [1.807, 2.05) is 48.5 Å². The Hall–Kier alpha value is -3.94. The molecule has 2 heterocycles.